The van der Waals surface area contributed by atoms with E-state index < -0.39 is 0 Å². The standard InChI is InChI=1S/C17H18N6O2/c1-24-13-5-6-15(25-2)14(8-13)21-16-11-20-23-17(22-16)19-10-12-4-3-7-18-9-12/h3-9,11H,10H2,1-2H3,(H2,19,21,22,23). The summed E-state index contributed by atoms with van der Waals surface area (Å²) >= 11 is 0. The number of aromatic nitrogens is 4. The van der Waals surface area contributed by atoms with Crippen molar-refractivity contribution < 1.29 is 9.47 Å². The number of anilines is 3. The zero-order valence-corrected chi connectivity index (χ0v) is 13.9. The minimum absolute atomic E-state index is 0.413. The van der Waals surface area contributed by atoms with Crippen LogP contribution in [0.4, 0.5) is 17.5 Å². The number of pyridine rings is 1. The Bertz CT molecular complexity index is 828. The lowest BCUT2D eigenvalue weighted by molar-refractivity contribution is 0.405. The van der Waals surface area contributed by atoms with Gasteiger partial charge in [0.05, 0.1) is 26.1 Å². The maximum absolute atomic E-state index is 5.35. The lowest BCUT2D eigenvalue weighted by Crippen LogP contribution is -2.06. The molecule has 0 unspecified atom stereocenters. The molecule has 2 N–H and O–H groups in total. The normalized spacial score (nSPS) is 10.2. The van der Waals surface area contributed by atoms with Gasteiger partial charge < -0.3 is 20.1 Å². The van der Waals surface area contributed by atoms with E-state index >= 15 is 0 Å². The highest BCUT2D eigenvalue weighted by Crippen LogP contribution is 2.30. The van der Waals surface area contributed by atoms with Gasteiger partial charge in [-0.2, -0.15) is 10.1 Å². The zero-order valence-electron chi connectivity index (χ0n) is 13.9. The van der Waals surface area contributed by atoms with Crippen molar-refractivity contribution in [2.45, 2.75) is 6.54 Å². The highest BCUT2D eigenvalue weighted by Gasteiger charge is 2.07. The minimum Gasteiger partial charge on any atom is -0.497 e. The fourth-order valence-electron chi connectivity index (χ4n) is 2.17. The molecule has 0 aliphatic carbocycles. The second kappa shape index (κ2) is 7.91. The van der Waals surface area contributed by atoms with Crippen LogP contribution in [0, 0.1) is 0 Å². The van der Waals surface area contributed by atoms with Crippen molar-refractivity contribution >= 4 is 17.5 Å². The maximum Gasteiger partial charge on any atom is 0.244 e. The number of ether oxygens (including phenoxy) is 2. The molecule has 8 nitrogen and oxygen atoms in total. The molecule has 0 spiro atoms. The Morgan fingerprint density at radius 2 is 2.00 bits per heavy atom. The third-order valence-electron chi connectivity index (χ3n) is 3.40. The lowest BCUT2D eigenvalue weighted by Gasteiger charge is -2.12. The zero-order chi connectivity index (χ0) is 17.5. The molecule has 0 aliphatic rings. The molecule has 0 saturated carbocycles. The first-order valence-electron chi connectivity index (χ1n) is 7.60. The van der Waals surface area contributed by atoms with Gasteiger partial charge in [0.15, 0.2) is 5.82 Å². The summed E-state index contributed by atoms with van der Waals surface area (Å²) in [7, 11) is 3.21. The summed E-state index contributed by atoms with van der Waals surface area (Å²) in [5, 5.41) is 14.2. The number of benzene rings is 1. The average Bonchev–Trinajstić information content (AvgIpc) is 2.67. The molecule has 0 saturated heterocycles. The molecular formula is C17H18N6O2. The van der Waals surface area contributed by atoms with E-state index in [1.54, 1.807) is 26.6 Å². The third-order valence-corrected chi connectivity index (χ3v) is 3.40. The Kier molecular flexibility index (Phi) is 5.20. The van der Waals surface area contributed by atoms with Crippen LogP contribution in [0.3, 0.4) is 0 Å². The van der Waals surface area contributed by atoms with Crippen LogP contribution < -0.4 is 20.1 Å². The van der Waals surface area contributed by atoms with Crippen LogP contribution >= 0.6 is 0 Å². The summed E-state index contributed by atoms with van der Waals surface area (Å²) in [6.07, 6.45) is 5.05. The SMILES string of the molecule is COc1ccc(OC)c(Nc2cnnc(NCc3cccnc3)n2)c1. The smallest absolute Gasteiger partial charge is 0.244 e. The molecule has 0 amide bonds. The molecule has 0 aliphatic heterocycles. The van der Waals surface area contributed by atoms with Crippen molar-refractivity contribution in [1.82, 2.24) is 20.2 Å². The van der Waals surface area contributed by atoms with Gasteiger partial charge in [0, 0.05) is 25.0 Å². The summed E-state index contributed by atoms with van der Waals surface area (Å²) in [5.74, 6) is 2.33. The second-order valence-electron chi connectivity index (χ2n) is 5.07. The fraction of sp³-hybridized carbons (Fsp3) is 0.176. The summed E-state index contributed by atoms with van der Waals surface area (Å²) < 4.78 is 10.6. The predicted octanol–water partition coefficient (Wildman–Crippen LogP) is 2.64. The lowest BCUT2D eigenvalue weighted by atomic mass is 10.2. The Hall–Kier alpha value is -3.42. The topological polar surface area (TPSA) is 94.1 Å². The van der Waals surface area contributed by atoms with Crippen LogP contribution in [0.15, 0.2) is 48.9 Å². The van der Waals surface area contributed by atoms with E-state index in [0.29, 0.717) is 29.8 Å². The summed E-state index contributed by atoms with van der Waals surface area (Å²) in [4.78, 5) is 8.47. The molecule has 8 heteroatoms. The number of nitrogens with zero attached hydrogens (tertiary/aromatic N) is 4. The molecule has 3 rings (SSSR count). The van der Waals surface area contributed by atoms with E-state index in [2.05, 4.69) is 30.8 Å². The molecule has 128 valence electrons. The largest absolute Gasteiger partial charge is 0.497 e. The van der Waals surface area contributed by atoms with E-state index in [1.807, 2.05) is 30.3 Å². The summed E-state index contributed by atoms with van der Waals surface area (Å²) in [5.41, 5.74) is 1.75. The molecule has 3 aromatic rings. The van der Waals surface area contributed by atoms with Crippen LogP contribution in [-0.4, -0.2) is 34.4 Å². The van der Waals surface area contributed by atoms with Crippen molar-refractivity contribution in [3.05, 3.63) is 54.5 Å². The molecule has 0 atom stereocenters. The van der Waals surface area contributed by atoms with Crippen LogP contribution in [0.5, 0.6) is 11.5 Å². The van der Waals surface area contributed by atoms with Gasteiger partial charge in [-0.3, -0.25) is 4.98 Å². The van der Waals surface area contributed by atoms with E-state index in [1.165, 1.54) is 6.20 Å². The van der Waals surface area contributed by atoms with Gasteiger partial charge >= 0.3 is 0 Å². The fourth-order valence-corrected chi connectivity index (χ4v) is 2.17. The van der Waals surface area contributed by atoms with Crippen molar-refractivity contribution in [2.75, 3.05) is 24.9 Å². The Labute approximate surface area is 145 Å². The van der Waals surface area contributed by atoms with Crippen molar-refractivity contribution in [1.29, 1.82) is 0 Å². The van der Waals surface area contributed by atoms with Gasteiger partial charge in [0.25, 0.3) is 0 Å². The monoisotopic (exact) mass is 338 g/mol. The van der Waals surface area contributed by atoms with E-state index in [9.17, 15) is 0 Å². The molecule has 2 aromatic heterocycles. The number of rotatable bonds is 7. The van der Waals surface area contributed by atoms with Crippen LogP contribution in [-0.2, 0) is 6.54 Å². The average molecular weight is 338 g/mol. The van der Waals surface area contributed by atoms with Crippen molar-refractivity contribution in [3.8, 4) is 11.5 Å². The van der Waals surface area contributed by atoms with Gasteiger partial charge in [-0.1, -0.05) is 6.07 Å². The number of hydrogen-bond donors (Lipinski definition) is 2. The first-order valence-corrected chi connectivity index (χ1v) is 7.60. The Morgan fingerprint density at radius 3 is 2.76 bits per heavy atom. The highest BCUT2D eigenvalue weighted by molar-refractivity contribution is 5.66. The Balaban J connectivity index is 1.73. The molecular weight excluding hydrogens is 320 g/mol. The first-order chi connectivity index (χ1) is 12.3. The van der Waals surface area contributed by atoms with Crippen LogP contribution in [0.25, 0.3) is 0 Å². The predicted molar refractivity (Wildman–Crippen MR) is 94.2 cm³/mol. The Morgan fingerprint density at radius 1 is 1.08 bits per heavy atom. The van der Waals surface area contributed by atoms with Gasteiger partial charge in [-0.25, -0.2) is 0 Å². The number of methoxy groups -OCH3 is 2. The molecule has 0 radical (unpaired) electrons. The third kappa shape index (κ3) is 4.31. The van der Waals surface area contributed by atoms with Gasteiger partial charge in [0.2, 0.25) is 5.95 Å². The molecule has 2 heterocycles. The molecule has 0 fully saturated rings. The maximum atomic E-state index is 5.35. The second-order valence-corrected chi connectivity index (χ2v) is 5.07. The molecule has 1 aromatic carbocycles. The van der Waals surface area contributed by atoms with Crippen LogP contribution in [0.1, 0.15) is 5.56 Å². The van der Waals surface area contributed by atoms with E-state index in [4.69, 9.17) is 9.47 Å². The summed E-state index contributed by atoms with van der Waals surface area (Å²) in [6, 6.07) is 9.31. The van der Waals surface area contributed by atoms with Gasteiger partial charge in [0.1, 0.15) is 11.5 Å². The van der Waals surface area contributed by atoms with Crippen LogP contribution in [0.2, 0.25) is 0 Å². The highest BCUT2D eigenvalue weighted by atomic mass is 16.5. The minimum atomic E-state index is 0.413. The first kappa shape index (κ1) is 16.4. The number of hydrogen-bond acceptors (Lipinski definition) is 8. The van der Waals surface area contributed by atoms with E-state index in [-0.39, 0.29) is 0 Å². The van der Waals surface area contributed by atoms with Gasteiger partial charge in [-0.05, 0) is 23.8 Å². The quantitative estimate of drug-likeness (QED) is 0.679. The number of nitrogens with one attached hydrogen (secondary N) is 2. The van der Waals surface area contributed by atoms with Crippen molar-refractivity contribution in [3.63, 3.8) is 0 Å². The molecule has 0 bridgehead atoms. The molecule has 25 heavy (non-hydrogen) atoms. The van der Waals surface area contributed by atoms with E-state index in [0.717, 1.165) is 11.3 Å². The van der Waals surface area contributed by atoms with Gasteiger partial charge in [-0.15, -0.1) is 5.10 Å². The van der Waals surface area contributed by atoms with Crippen molar-refractivity contribution in [2.24, 2.45) is 0 Å². The summed E-state index contributed by atoms with van der Waals surface area (Å²) in [6.45, 7) is 0.557.